The number of halogens is 1. The van der Waals surface area contributed by atoms with Crippen molar-refractivity contribution in [3.8, 4) is 0 Å². The van der Waals surface area contributed by atoms with E-state index in [-0.39, 0.29) is 6.54 Å². The first kappa shape index (κ1) is 15.7. The number of hydrogen-bond acceptors (Lipinski definition) is 3. The number of carboxylic acid groups (broad SMARTS) is 1. The summed E-state index contributed by atoms with van der Waals surface area (Å²) in [5.74, 6) is -0.830. The Morgan fingerprint density at radius 1 is 1.38 bits per heavy atom. The van der Waals surface area contributed by atoms with Crippen LogP contribution in [0.5, 0.6) is 0 Å². The summed E-state index contributed by atoms with van der Waals surface area (Å²) >= 11 is 6.25. The second-order valence-corrected chi connectivity index (χ2v) is 5.60. The molecule has 1 heterocycles. The second-order valence-electron chi connectivity index (χ2n) is 5.24. The number of aliphatic carboxylic acids is 1. The van der Waals surface area contributed by atoms with Crippen molar-refractivity contribution in [1.82, 2.24) is 9.88 Å². The lowest BCUT2D eigenvalue weighted by molar-refractivity contribution is -0.138. The molecule has 0 unspecified atom stereocenters. The summed E-state index contributed by atoms with van der Waals surface area (Å²) in [5, 5.41) is 10.4. The van der Waals surface area contributed by atoms with Gasteiger partial charge in [0.25, 0.3) is 0 Å². The molecular weight excluding hydrogens is 288 g/mol. The van der Waals surface area contributed by atoms with Crippen LogP contribution in [0.25, 0.3) is 10.9 Å². The fraction of sp³-hybridized carbons (Fsp3) is 0.375. The molecule has 0 fully saturated rings. The lowest BCUT2D eigenvalue weighted by atomic mass is 10.1. The van der Waals surface area contributed by atoms with E-state index in [4.69, 9.17) is 16.7 Å². The van der Waals surface area contributed by atoms with E-state index in [1.54, 1.807) is 0 Å². The predicted molar refractivity (Wildman–Crippen MR) is 84.7 cm³/mol. The van der Waals surface area contributed by atoms with Crippen molar-refractivity contribution in [1.29, 1.82) is 0 Å². The van der Waals surface area contributed by atoms with Crippen LogP contribution in [0.3, 0.4) is 0 Å². The van der Waals surface area contributed by atoms with Gasteiger partial charge in [0.1, 0.15) is 5.15 Å². The van der Waals surface area contributed by atoms with Crippen molar-refractivity contribution < 1.29 is 9.90 Å². The third kappa shape index (κ3) is 4.16. The molecule has 2 aromatic rings. The topological polar surface area (TPSA) is 53.4 Å². The maximum Gasteiger partial charge on any atom is 0.317 e. The standard InChI is InChI=1S/C16H19ClN2O2/c1-3-6-19(10-15(20)21)9-13-8-12-5-4-11(2)7-14(12)18-16(13)17/h4-5,7-8H,3,6,9-10H2,1-2H3,(H,20,21). The zero-order valence-electron chi connectivity index (χ0n) is 12.3. The van der Waals surface area contributed by atoms with Crippen LogP contribution < -0.4 is 0 Å². The lowest BCUT2D eigenvalue weighted by Gasteiger charge is -2.20. The Kier molecular flexibility index (Phi) is 5.15. The summed E-state index contributed by atoms with van der Waals surface area (Å²) < 4.78 is 0. The van der Waals surface area contributed by atoms with E-state index in [0.29, 0.717) is 18.2 Å². The third-order valence-electron chi connectivity index (χ3n) is 3.29. The third-order valence-corrected chi connectivity index (χ3v) is 3.62. The molecule has 0 radical (unpaired) electrons. The van der Waals surface area contributed by atoms with Crippen LogP contribution in [0.2, 0.25) is 5.15 Å². The number of carbonyl (C=O) groups is 1. The fourth-order valence-corrected chi connectivity index (χ4v) is 2.58. The van der Waals surface area contributed by atoms with Gasteiger partial charge < -0.3 is 5.11 Å². The number of benzene rings is 1. The monoisotopic (exact) mass is 306 g/mol. The van der Waals surface area contributed by atoms with Gasteiger partial charge in [-0.3, -0.25) is 9.69 Å². The van der Waals surface area contributed by atoms with Crippen LogP contribution in [0.15, 0.2) is 24.3 Å². The Labute approximate surface area is 129 Å². The molecule has 0 saturated carbocycles. The minimum Gasteiger partial charge on any atom is -0.480 e. The number of fused-ring (bicyclic) bond motifs is 1. The molecule has 0 bridgehead atoms. The number of aromatic nitrogens is 1. The van der Waals surface area contributed by atoms with Crippen molar-refractivity contribution in [3.63, 3.8) is 0 Å². The SMILES string of the molecule is CCCN(CC(=O)O)Cc1cc2ccc(C)cc2nc1Cl. The average molecular weight is 307 g/mol. The number of pyridine rings is 1. The van der Waals surface area contributed by atoms with Crippen molar-refractivity contribution >= 4 is 28.5 Å². The van der Waals surface area contributed by atoms with Crippen LogP contribution in [-0.2, 0) is 11.3 Å². The van der Waals surface area contributed by atoms with E-state index < -0.39 is 5.97 Å². The van der Waals surface area contributed by atoms with Crippen LogP contribution in [0, 0.1) is 6.92 Å². The maximum atomic E-state index is 10.9. The number of aryl methyl sites for hydroxylation is 1. The number of nitrogens with zero attached hydrogens (tertiary/aromatic N) is 2. The molecule has 2 rings (SSSR count). The summed E-state index contributed by atoms with van der Waals surface area (Å²) in [7, 11) is 0. The molecule has 112 valence electrons. The summed E-state index contributed by atoms with van der Waals surface area (Å²) in [4.78, 5) is 17.2. The van der Waals surface area contributed by atoms with Crippen LogP contribution >= 0.6 is 11.6 Å². The summed E-state index contributed by atoms with van der Waals surface area (Å²) in [6.45, 7) is 5.26. The van der Waals surface area contributed by atoms with Crippen LogP contribution in [0.1, 0.15) is 24.5 Å². The summed E-state index contributed by atoms with van der Waals surface area (Å²) in [6, 6.07) is 8.03. The van der Waals surface area contributed by atoms with Gasteiger partial charge >= 0.3 is 5.97 Å². The molecule has 0 atom stereocenters. The van der Waals surface area contributed by atoms with Gasteiger partial charge in [-0.05, 0) is 37.6 Å². The Balaban J connectivity index is 2.29. The largest absolute Gasteiger partial charge is 0.480 e. The minimum atomic E-state index is -0.830. The van der Waals surface area contributed by atoms with E-state index in [9.17, 15) is 4.79 Å². The maximum absolute atomic E-state index is 10.9. The Bertz CT molecular complexity index is 658. The molecule has 0 aliphatic rings. The summed E-state index contributed by atoms with van der Waals surface area (Å²) in [5.41, 5.74) is 2.86. The van der Waals surface area contributed by atoms with Gasteiger partial charge in [0.15, 0.2) is 0 Å². The van der Waals surface area contributed by atoms with Crippen LogP contribution in [-0.4, -0.2) is 34.0 Å². The highest BCUT2D eigenvalue weighted by Crippen LogP contribution is 2.22. The first-order valence-electron chi connectivity index (χ1n) is 6.99. The van der Waals surface area contributed by atoms with Crippen molar-refractivity contribution in [2.75, 3.05) is 13.1 Å². The molecule has 0 saturated heterocycles. The zero-order valence-corrected chi connectivity index (χ0v) is 13.0. The Morgan fingerprint density at radius 3 is 2.81 bits per heavy atom. The van der Waals surface area contributed by atoms with Crippen LogP contribution in [0.4, 0.5) is 0 Å². The van der Waals surface area contributed by atoms with Gasteiger partial charge in [-0.2, -0.15) is 0 Å². The molecule has 0 aliphatic heterocycles. The molecule has 5 heteroatoms. The average Bonchev–Trinajstić information content (AvgIpc) is 2.39. The molecule has 0 spiro atoms. The molecule has 0 aliphatic carbocycles. The van der Waals surface area contributed by atoms with Gasteiger partial charge in [0.2, 0.25) is 0 Å². The predicted octanol–water partition coefficient (Wildman–Crippen LogP) is 3.49. The van der Waals surface area contributed by atoms with E-state index >= 15 is 0 Å². The molecule has 21 heavy (non-hydrogen) atoms. The highest BCUT2D eigenvalue weighted by molar-refractivity contribution is 6.30. The highest BCUT2D eigenvalue weighted by Gasteiger charge is 2.13. The zero-order chi connectivity index (χ0) is 15.4. The fourth-order valence-electron chi connectivity index (χ4n) is 2.37. The van der Waals surface area contributed by atoms with E-state index in [2.05, 4.69) is 4.98 Å². The first-order valence-corrected chi connectivity index (χ1v) is 7.37. The number of rotatable bonds is 6. The second kappa shape index (κ2) is 6.87. The van der Waals surface area contributed by atoms with E-state index in [1.807, 2.05) is 43.0 Å². The molecule has 1 N–H and O–H groups in total. The number of hydrogen-bond donors (Lipinski definition) is 1. The Morgan fingerprint density at radius 2 is 2.14 bits per heavy atom. The van der Waals surface area contributed by atoms with Gasteiger partial charge in [-0.15, -0.1) is 0 Å². The van der Waals surface area contributed by atoms with Gasteiger partial charge in [0.05, 0.1) is 12.1 Å². The molecule has 4 nitrogen and oxygen atoms in total. The number of carboxylic acids is 1. The van der Waals surface area contributed by atoms with Crippen molar-refractivity contribution in [3.05, 3.63) is 40.5 Å². The highest BCUT2D eigenvalue weighted by atomic mass is 35.5. The minimum absolute atomic E-state index is 0.0100. The van der Waals surface area contributed by atoms with E-state index in [1.165, 1.54) is 0 Å². The van der Waals surface area contributed by atoms with Crippen molar-refractivity contribution in [2.24, 2.45) is 0 Å². The first-order chi connectivity index (χ1) is 9.99. The summed E-state index contributed by atoms with van der Waals surface area (Å²) in [6.07, 6.45) is 0.894. The smallest absolute Gasteiger partial charge is 0.317 e. The molecule has 0 amide bonds. The van der Waals surface area contributed by atoms with Crippen molar-refractivity contribution in [2.45, 2.75) is 26.8 Å². The molecule has 1 aromatic carbocycles. The van der Waals surface area contributed by atoms with Gasteiger partial charge in [-0.1, -0.05) is 30.7 Å². The van der Waals surface area contributed by atoms with Gasteiger partial charge in [-0.25, -0.2) is 4.98 Å². The quantitative estimate of drug-likeness (QED) is 0.830. The lowest BCUT2D eigenvalue weighted by Crippen LogP contribution is -2.30. The molecule has 1 aromatic heterocycles. The van der Waals surface area contributed by atoms with E-state index in [0.717, 1.165) is 28.5 Å². The normalized spacial score (nSPS) is 11.2. The Hall–Kier alpha value is -1.65. The van der Waals surface area contributed by atoms with Gasteiger partial charge in [0, 0.05) is 17.5 Å². The molecular formula is C16H19ClN2O2.